The zero-order valence-electron chi connectivity index (χ0n) is 15.1. The zero-order valence-corrected chi connectivity index (χ0v) is 15.1. The van der Waals surface area contributed by atoms with Gasteiger partial charge in [0.1, 0.15) is 5.75 Å². The molecule has 25 heavy (non-hydrogen) atoms. The highest BCUT2D eigenvalue weighted by Crippen LogP contribution is 2.25. The number of esters is 1. The molecule has 0 atom stereocenters. The van der Waals surface area contributed by atoms with Gasteiger partial charge >= 0.3 is 5.97 Å². The maximum Gasteiger partial charge on any atom is 0.343 e. The van der Waals surface area contributed by atoms with Crippen LogP contribution in [-0.2, 0) is 16.6 Å². The third-order valence-corrected chi connectivity index (χ3v) is 3.75. The summed E-state index contributed by atoms with van der Waals surface area (Å²) in [4.78, 5) is 23.5. The summed E-state index contributed by atoms with van der Waals surface area (Å²) in [5, 5.41) is 4.18. The molecular weight excluding hydrogens is 320 g/mol. The van der Waals surface area contributed by atoms with Crippen LogP contribution in [0.4, 0.5) is 0 Å². The molecule has 1 heterocycles. The SMILES string of the molecule is COC(=O)COc1c(C)cc(/C=C/C(=O)c2cn(C)nc2C)cc1C. The first-order chi connectivity index (χ1) is 11.8. The van der Waals surface area contributed by atoms with Crippen molar-refractivity contribution in [3.05, 3.63) is 52.4 Å². The topological polar surface area (TPSA) is 70.4 Å². The lowest BCUT2D eigenvalue weighted by Crippen LogP contribution is -2.13. The van der Waals surface area contributed by atoms with E-state index in [-0.39, 0.29) is 12.4 Å². The zero-order chi connectivity index (χ0) is 18.6. The normalized spacial score (nSPS) is 10.9. The van der Waals surface area contributed by atoms with Crippen LogP contribution in [0.25, 0.3) is 6.08 Å². The van der Waals surface area contributed by atoms with E-state index in [4.69, 9.17) is 4.74 Å². The van der Waals surface area contributed by atoms with Gasteiger partial charge in [0.2, 0.25) is 0 Å². The molecule has 0 radical (unpaired) electrons. The average molecular weight is 342 g/mol. The van der Waals surface area contributed by atoms with E-state index in [1.54, 1.807) is 24.0 Å². The fraction of sp³-hybridized carbons (Fsp3) is 0.316. The molecule has 0 aliphatic rings. The highest BCUT2D eigenvalue weighted by Gasteiger charge is 2.11. The van der Waals surface area contributed by atoms with E-state index in [1.807, 2.05) is 32.9 Å². The number of carbonyl (C=O) groups excluding carboxylic acids is 2. The van der Waals surface area contributed by atoms with Crippen molar-refractivity contribution in [3.8, 4) is 5.75 Å². The van der Waals surface area contributed by atoms with Crippen LogP contribution in [-0.4, -0.2) is 35.2 Å². The summed E-state index contributed by atoms with van der Waals surface area (Å²) < 4.78 is 11.7. The fourth-order valence-corrected chi connectivity index (χ4v) is 2.60. The lowest BCUT2D eigenvalue weighted by molar-refractivity contribution is -0.142. The highest BCUT2D eigenvalue weighted by molar-refractivity contribution is 6.07. The number of hydrogen-bond donors (Lipinski definition) is 0. The van der Waals surface area contributed by atoms with Crippen LogP contribution in [0.2, 0.25) is 0 Å². The number of nitrogens with zero attached hydrogens (tertiary/aromatic N) is 2. The largest absolute Gasteiger partial charge is 0.481 e. The number of benzene rings is 1. The molecule has 0 saturated heterocycles. The Kier molecular flexibility index (Phi) is 5.75. The predicted molar refractivity (Wildman–Crippen MR) is 94.7 cm³/mol. The van der Waals surface area contributed by atoms with Crippen molar-refractivity contribution in [1.82, 2.24) is 9.78 Å². The lowest BCUT2D eigenvalue weighted by Gasteiger charge is -2.12. The first kappa shape index (κ1) is 18.4. The Bertz CT molecular complexity index is 811. The predicted octanol–water partition coefficient (Wildman–Crippen LogP) is 2.79. The molecule has 0 unspecified atom stereocenters. The van der Waals surface area contributed by atoms with Crippen molar-refractivity contribution in [2.75, 3.05) is 13.7 Å². The first-order valence-corrected chi connectivity index (χ1v) is 7.85. The number of aryl methyl sites for hydroxylation is 4. The van der Waals surface area contributed by atoms with Gasteiger partial charge in [0.25, 0.3) is 0 Å². The summed E-state index contributed by atoms with van der Waals surface area (Å²) in [7, 11) is 3.10. The number of aromatic nitrogens is 2. The number of carbonyl (C=O) groups is 2. The van der Waals surface area contributed by atoms with Gasteiger partial charge in [-0.05, 0) is 55.7 Å². The van der Waals surface area contributed by atoms with Crippen LogP contribution in [0.3, 0.4) is 0 Å². The van der Waals surface area contributed by atoms with E-state index >= 15 is 0 Å². The molecule has 0 spiro atoms. The molecule has 0 fully saturated rings. The minimum Gasteiger partial charge on any atom is -0.481 e. The Morgan fingerprint density at radius 2 is 1.84 bits per heavy atom. The molecule has 1 aromatic heterocycles. The number of allylic oxidation sites excluding steroid dienone is 1. The fourth-order valence-electron chi connectivity index (χ4n) is 2.60. The van der Waals surface area contributed by atoms with Gasteiger partial charge < -0.3 is 9.47 Å². The van der Waals surface area contributed by atoms with E-state index < -0.39 is 5.97 Å². The van der Waals surface area contributed by atoms with Crippen molar-refractivity contribution in [2.45, 2.75) is 20.8 Å². The summed E-state index contributed by atoms with van der Waals surface area (Å²) in [5.74, 6) is 0.129. The summed E-state index contributed by atoms with van der Waals surface area (Å²) in [5.41, 5.74) is 3.94. The van der Waals surface area contributed by atoms with Gasteiger partial charge in [0, 0.05) is 13.2 Å². The summed E-state index contributed by atoms with van der Waals surface area (Å²) in [6.45, 7) is 5.46. The maximum absolute atomic E-state index is 12.3. The van der Waals surface area contributed by atoms with Crippen LogP contribution in [0, 0.1) is 20.8 Å². The van der Waals surface area contributed by atoms with Crippen LogP contribution in [0.5, 0.6) is 5.75 Å². The molecule has 2 aromatic rings. The Morgan fingerprint density at radius 3 is 2.36 bits per heavy atom. The van der Waals surface area contributed by atoms with Crippen molar-refractivity contribution < 1.29 is 19.1 Å². The monoisotopic (exact) mass is 342 g/mol. The van der Waals surface area contributed by atoms with Crippen molar-refractivity contribution >= 4 is 17.8 Å². The quantitative estimate of drug-likeness (QED) is 0.459. The number of ketones is 1. The van der Waals surface area contributed by atoms with Crippen molar-refractivity contribution in [2.24, 2.45) is 7.05 Å². The van der Waals surface area contributed by atoms with Gasteiger partial charge in [0.15, 0.2) is 12.4 Å². The molecule has 1 aromatic carbocycles. The second-order valence-corrected chi connectivity index (χ2v) is 5.85. The molecule has 0 N–H and O–H groups in total. The van der Waals surface area contributed by atoms with E-state index in [0.717, 1.165) is 16.7 Å². The van der Waals surface area contributed by atoms with E-state index in [1.165, 1.54) is 13.2 Å². The van der Waals surface area contributed by atoms with Gasteiger partial charge in [-0.1, -0.05) is 6.08 Å². The van der Waals surface area contributed by atoms with Gasteiger partial charge in [0.05, 0.1) is 18.4 Å². The van der Waals surface area contributed by atoms with Gasteiger partial charge in [-0.25, -0.2) is 4.79 Å². The van der Waals surface area contributed by atoms with E-state index in [2.05, 4.69) is 9.84 Å². The second kappa shape index (κ2) is 7.79. The Balaban J connectivity index is 2.16. The minimum atomic E-state index is -0.430. The van der Waals surface area contributed by atoms with Crippen molar-refractivity contribution in [3.63, 3.8) is 0 Å². The number of rotatable bonds is 6. The molecule has 6 heteroatoms. The van der Waals surface area contributed by atoms with Gasteiger partial charge in [-0.3, -0.25) is 9.48 Å². The number of methoxy groups -OCH3 is 1. The van der Waals surface area contributed by atoms with Crippen molar-refractivity contribution in [1.29, 1.82) is 0 Å². The van der Waals surface area contributed by atoms with E-state index in [0.29, 0.717) is 17.0 Å². The third-order valence-electron chi connectivity index (χ3n) is 3.75. The molecule has 6 nitrogen and oxygen atoms in total. The minimum absolute atomic E-state index is 0.0908. The summed E-state index contributed by atoms with van der Waals surface area (Å²) >= 11 is 0. The molecule has 0 bridgehead atoms. The van der Waals surface area contributed by atoms with Gasteiger partial charge in [-0.2, -0.15) is 5.10 Å². The highest BCUT2D eigenvalue weighted by atomic mass is 16.6. The van der Waals surface area contributed by atoms with E-state index in [9.17, 15) is 9.59 Å². The van der Waals surface area contributed by atoms with Gasteiger partial charge in [-0.15, -0.1) is 0 Å². The third kappa shape index (κ3) is 4.56. The standard InChI is InChI=1S/C19H22N2O4/c1-12-8-15(9-13(2)19(12)25-11-18(23)24-5)6-7-17(22)16-10-21(4)20-14(16)3/h6-10H,11H2,1-5H3/b7-6+. The van der Waals surface area contributed by atoms with Crippen LogP contribution in [0.1, 0.15) is 32.7 Å². The lowest BCUT2D eigenvalue weighted by atomic mass is 10.0. The molecule has 0 aliphatic carbocycles. The Hall–Kier alpha value is -2.89. The molecule has 0 saturated carbocycles. The first-order valence-electron chi connectivity index (χ1n) is 7.85. The smallest absolute Gasteiger partial charge is 0.343 e. The summed E-state index contributed by atoms with van der Waals surface area (Å²) in [6, 6.07) is 3.80. The second-order valence-electron chi connectivity index (χ2n) is 5.85. The Morgan fingerprint density at radius 1 is 1.20 bits per heavy atom. The molecule has 2 rings (SSSR count). The Labute approximate surface area is 147 Å². The maximum atomic E-state index is 12.3. The average Bonchev–Trinajstić information content (AvgIpc) is 2.90. The number of hydrogen-bond acceptors (Lipinski definition) is 5. The molecular formula is C19H22N2O4. The van der Waals surface area contributed by atoms with Crippen LogP contribution >= 0.6 is 0 Å². The number of ether oxygens (including phenoxy) is 2. The molecule has 132 valence electrons. The molecule has 0 amide bonds. The molecule has 0 aliphatic heterocycles. The summed E-state index contributed by atoms with van der Waals surface area (Å²) in [6.07, 6.45) is 5.01. The van der Waals surface area contributed by atoms with Crippen LogP contribution < -0.4 is 4.74 Å². The van der Waals surface area contributed by atoms with Crippen LogP contribution in [0.15, 0.2) is 24.4 Å².